The van der Waals surface area contributed by atoms with E-state index < -0.39 is 0 Å². The summed E-state index contributed by atoms with van der Waals surface area (Å²) in [4.78, 5) is 8.32. The fraction of sp³-hybridized carbons (Fsp3) is 0.222. The van der Waals surface area contributed by atoms with Crippen LogP contribution in [0.25, 0.3) is 11.4 Å². The highest BCUT2D eigenvalue weighted by Gasteiger charge is 2.17. The van der Waals surface area contributed by atoms with Crippen molar-refractivity contribution in [1.29, 1.82) is 0 Å². The molecule has 0 radical (unpaired) electrons. The quantitative estimate of drug-likeness (QED) is 0.568. The van der Waals surface area contributed by atoms with Crippen molar-refractivity contribution >= 4 is 45.8 Å². The maximum Gasteiger partial charge on any atom is 0.168 e. The van der Waals surface area contributed by atoms with Crippen LogP contribution in [0.3, 0.4) is 0 Å². The lowest BCUT2D eigenvalue weighted by atomic mass is 10.2. The van der Waals surface area contributed by atoms with E-state index in [1.807, 2.05) is 29.5 Å². The summed E-state index contributed by atoms with van der Waals surface area (Å²) in [5, 5.41) is 4.49. The van der Waals surface area contributed by atoms with Crippen molar-refractivity contribution in [2.24, 2.45) is 0 Å². The molecule has 2 heterocycles. The van der Waals surface area contributed by atoms with E-state index in [1.54, 1.807) is 6.92 Å². The molecule has 0 aromatic carbocycles. The van der Waals surface area contributed by atoms with E-state index in [-0.39, 0.29) is 0 Å². The number of aryl methyl sites for hydroxylation is 2. The van der Waals surface area contributed by atoms with Gasteiger partial charge < -0.3 is 4.52 Å². The molecule has 0 amide bonds. The standard InChI is InChI=1S/C9H6Cl2IN3O/c1-3-5(4(2)16-15-3)9-13-7(10)6(12)8(11)14-9/h1-2H3. The highest BCUT2D eigenvalue weighted by Crippen LogP contribution is 2.29. The van der Waals surface area contributed by atoms with Crippen LogP contribution in [-0.4, -0.2) is 15.1 Å². The Morgan fingerprint density at radius 2 is 1.69 bits per heavy atom. The van der Waals surface area contributed by atoms with Gasteiger partial charge in [0.15, 0.2) is 5.82 Å². The first-order valence-corrected chi connectivity index (χ1v) is 6.16. The highest BCUT2D eigenvalue weighted by molar-refractivity contribution is 14.1. The molecule has 7 heteroatoms. The third kappa shape index (κ3) is 2.03. The van der Waals surface area contributed by atoms with Crippen LogP contribution in [0.1, 0.15) is 11.5 Å². The van der Waals surface area contributed by atoms with Gasteiger partial charge in [-0.2, -0.15) is 0 Å². The molecule has 84 valence electrons. The Morgan fingerprint density at radius 1 is 1.12 bits per heavy atom. The van der Waals surface area contributed by atoms with E-state index in [0.29, 0.717) is 31.2 Å². The molecule has 0 aliphatic heterocycles. The summed E-state index contributed by atoms with van der Waals surface area (Å²) in [5.74, 6) is 1.08. The van der Waals surface area contributed by atoms with Crippen LogP contribution in [0.2, 0.25) is 10.3 Å². The fourth-order valence-corrected chi connectivity index (χ4v) is 1.94. The predicted molar refractivity (Wildman–Crippen MR) is 69.7 cm³/mol. The first-order chi connectivity index (χ1) is 7.50. The van der Waals surface area contributed by atoms with E-state index in [9.17, 15) is 0 Å². The van der Waals surface area contributed by atoms with Crippen molar-refractivity contribution in [2.45, 2.75) is 13.8 Å². The van der Waals surface area contributed by atoms with Crippen LogP contribution in [0.4, 0.5) is 0 Å². The van der Waals surface area contributed by atoms with Crippen LogP contribution in [0, 0.1) is 17.4 Å². The molecule has 16 heavy (non-hydrogen) atoms. The molecule has 4 nitrogen and oxygen atoms in total. The van der Waals surface area contributed by atoms with Gasteiger partial charge in [0.25, 0.3) is 0 Å². The molecule has 0 fully saturated rings. The van der Waals surface area contributed by atoms with Gasteiger partial charge in [0.1, 0.15) is 16.1 Å². The molecule has 2 aromatic rings. The molecule has 0 bridgehead atoms. The van der Waals surface area contributed by atoms with Crippen molar-refractivity contribution in [1.82, 2.24) is 15.1 Å². The second-order valence-electron chi connectivity index (χ2n) is 3.14. The normalized spacial score (nSPS) is 10.8. The maximum atomic E-state index is 5.95. The van der Waals surface area contributed by atoms with Crippen molar-refractivity contribution in [3.63, 3.8) is 0 Å². The monoisotopic (exact) mass is 369 g/mol. The van der Waals surface area contributed by atoms with Gasteiger partial charge >= 0.3 is 0 Å². The van der Waals surface area contributed by atoms with Gasteiger partial charge in [-0.3, -0.25) is 0 Å². The molecule has 0 saturated heterocycles. The third-order valence-electron chi connectivity index (χ3n) is 2.03. The van der Waals surface area contributed by atoms with Gasteiger partial charge in [-0.1, -0.05) is 28.4 Å². The van der Waals surface area contributed by atoms with E-state index >= 15 is 0 Å². The van der Waals surface area contributed by atoms with Gasteiger partial charge in [-0.25, -0.2) is 9.97 Å². The van der Waals surface area contributed by atoms with Crippen LogP contribution in [0.5, 0.6) is 0 Å². The fourth-order valence-electron chi connectivity index (χ4n) is 1.31. The summed E-state index contributed by atoms with van der Waals surface area (Å²) in [5.41, 5.74) is 1.45. The molecule has 0 atom stereocenters. The van der Waals surface area contributed by atoms with E-state index in [2.05, 4.69) is 15.1 Å². The summed E-state index contributed by atoms with van der Waals surface area (Å²) in [7, 11) is 0. The second-order valence-corrected chi connectivity index (χ2v) is 4.94. The Balaban J connectivity index is 2.66. The molecule has 2 rings (SSSR count). The van der Waals surface area contributed by atoms with Gasteiger partial charge in [-0.15, -0.1) is 0 Å². The van der Waals surface area contributed by atoms with Gasteiger partial charge in [-0.05, 0) is 36.4 Å². The SMILES string of the molecule is Cc1noc(C)c1-c1nc(Cl)c(I)c(Cl)n1. The van der Waals surface area contributed by atoms with E-state index in [4.69, 9.17) is 27.7 Å². The topological polar surface area (TPSA) is 51.8 Å². The predicted octanol–water partition coefficient (Wildman–Crippen LogP) is 3.66. The molecular formula is C9H6Cl2IN3O. The van der Waals surface area contributed by atoms with E-state index in [0.717, 1.165) is 5.56 Å². The molecular weight excluding hydrogens is 364 g/mol. The van der Waals surface area contributed by atoms with Crippen molar-refractivity contribution in [2.75, 3.05) is 0 Å². The maximum absolute atomic E-state index is 5.95. The average molecular weight is 370 g/mol. The van der Waals surface area contributed by atoms with Crippen LogP contribution < -0.4 is 0 Å². The molecule has 0 N–H and O–H groups in total. The number of halogens is 3. The number of rotatable bonds is 1. The van der Waals surface area contributed by atoms with Crippen LogP contribution >= 0.6 is 45.8 Å². The number of aromatic nitrogens is 3. The largest absolute Gasteiger partial charge is 0.361 e. The summed E-state index contributed by atoms with van der Waals surface area (Å²) in [6, 6.07) is 0. The Morgan fingerprint density at radius 3 is 2.12 bits per heavy atom. The van der Waals surface area contributed by atoms with Crippen molar-refractivity contribution in [3.05, 3.63) is 25.3 Å². The molecule has 0 saturated carbocycles. The zero-order valence-corrected chi connectivity index (χ0v) is 12.1. The van der Waals surface area contributed by atoms with Crippen molar-refractivity contribution < 1.29 is 4.52 Å². The Labute approximate surface area is 115 Å². The summed E-state index contributed by atoms with van der Waals surface area (Å²) < 4.78 is 5.68. The minimum Gasteiger partial charge on any atom is -0.361 e. The van der Waals surface area contributed by atoms with Crippen LogP contribution in [-0.2, 0) is 0 Å². The zero-order chi connectivity index (χ0) is 11.9. The average Bonchev–Trinajstić information content (AvgIpc) is 2.54. The number of nitrogens with zero attached hydrogens (tertiary/aromatic N) is 3. The van der Waals surface area contributed by atoms with Gasteiger partial charge in [0, 0.05) is 0 Å². The zero-order valence-electron chi connectivity index (χ0n) is 8.38. The molecule has 0 spiro atoms. The Bertz CT molecular complexity index is 513. The second kappa shape index (κ2) is 4.46. The first-order valence-electron chi connectivity index (χ1n) is 4.32. The number of hydrogen-bond acceptors (Lipinski definition) is 4. The lowest BCUT2D eigenvalue weighted by Gasteiger charge is -2.02. The molecule has 0 aliphatic rings. The lowest BCUT2D eigenvalue weighted by molar-refractivity contribution is 0.393. The first kappa shape index (κ1) is 12.1. The summed E-state index contributed by atoms with van der Waals surface area (Å²) in [6.45, 7) is 3.60. The van der Waals surface area contributed by atoms with E-state index in [1.165, 1.54) is 0 Å². The minimum absolute atomic E-state index is 0.329. The minimum atomic E-state index is 0.329. The smallest absolute Gasteiger partial charge is 0.168 e. The third-order valence-corrected chi connectivity index (χ3v) is 4.23. The molecule has 0 unspecified atom stereocenters. The van der Waals surface area contributed by atoms with Gasteiger partial charge in [0.2, 0.25) is 0 Å². The van der Waals surface area contributed by atoms with Crippen molar-refractivity contribution in [3.8, 4) is 11.4 Å². The highest BCUT2D eigenvalue weighted by atomic mass is 127. The Hall–Kier alpha value is -0.400. The molecule has 0 aliphatic carbocycles. The summed E-state index contributed by atoms with van der Waals surface area (Å²) in [6.07, 6.45) is 0. The number of hydrogen-bond donors (Lipinski definition) is 0. The van der Waals surface area contributed by atoms with Crippen LogP contribution in [0.15, 0.2) is 4.52 Å². The molecule has 2 aromatic heterocycles. The Kier molecular flexibility index (Phi) is 3.37. The van der Waals surface area contributed by atoms with Gasteiger partial charge in [0.05, 0.1) is 14.8 Å². The lowest BCUT2D eigenvalue weighted by Crippen LogP contribution is -1.95. The summed E-state index contributed by atoms with van der Waals surface area (Å²) >= 11 is 13.9.